The number of benzene rings is 2. The van der Waals surface area contributed by atoms with E-state index in [1.807, 2.05) is 44.2 Å². The fourth-order valence-electron chi connectivity index (χ4n) is 1.94. The van der Waals surface area contributed by atoms with Crippen LogP contribution in [-0.4, -0.2) is 16.9 Å². The summed E-state index contributed by atoms with van der Waals surface area (Å²) in [4.78, 5) is 20.2. The lowest BCUT2D eigenvalue weighted by Gasteiger charge is -2.13. The van der Waals surface area contributed by atoms with Crippen molar-refractivity contribution in [1.82, 2.24) is 5.48 Å². The van der Waals surface area contributed by atoms with Gasteiger partial charge in [0.25, 0.3) is 5.69 Å². The van der Waals surface area contributed by atoms with Gasteiger partial charge in [-0.3, -0.25) is 15.0 Å². The van der Waals surface area contributed by atoms with E-state index in [1.165, 1.54) is 12.1 Å². The highest BCUT2D eigenvalue weighted by Crippen LogP contribution is 2.17. The molecule has 7 heteroatoms. The molecule has 2 aromatic rings. The SMILES string of the molecule is CC(C)N=C(NOCc1ccccc1)Nc1cccc([N+](=O)[O-])c1. The van der Waals surface area contributed by atoms with E-state index in [-0.39, 0.29) is 11.7 Å². The Bertz CT molecular complexity index is 702. The van der Waals surface area contributed by atoms with Crippen LogP contribution in [0, 0.1) is 10.1 Å². The summed E-state index contributed by atoms with van der Waals surface area (Å²) in [6.45, 7) is 4.22. The van der Waals surface area contributed by atoms with Gasteiger partial charge in [0.1, 0.15) is 0 Å². The fourth-order valence-corrected chi connectivity index (χ4v) is 1.94. The van der Waals surface area contributed by atoms with Gasteiger partial charge < -0.3 is 5.32 Å². The fraction of sp³-hybridized carbons (Fsp3) is 0.235. The van der Waals surface area contributed by atoms with Crippen molar-refractivity contribution in [2.24, 2.45) is 4.99 Å². The molecule has 126 valence electrons. The number of nitro groups is 1. The first-order valence-electron chi connectivity index (χ1n) is 7.55. The number of nitrogens with one attached hydrogen (secondary N) is 2. The maximum atomic E-state index is 10.9. The predicted octanol–water partition coefficient (Wildman–Crippen LogP) is 3.49. The smallest absolute Gasteiger partial charge is 0.271 e. The normalized spacial score (nSPS) is 11.4. The number of anilines is 1. The third-order valence-corrected chi connectivity index (χ3v) is 2.96. The molecular weight excluding hydrogens is 308 g/mol. The minimum absolute atomic E-state index is 0.00843. The summed E-state index contributed by atoms with van der Waals surface area (Å²) in [5.41, 5.74) is 4.35. The van der Waals surface area contributed by atoms with E-state index >= 15 is 0 Å². The van der Waals surface area contributed by atoms with Crippen LogP contribution in [0.5, 0.6) is 0 Å². The van der Waals surface area contributed by atoms with E-state index in [1.54, 1.807) is 12.1 Å². The Hall–Kier alpha value is -2.93. The van der Waals surface area contributed by atoms with E-state index in [9.17, 15) is 10.1 Å². The van der Waals surface area contributed by atoms with Gasteiger partial charge in [-0.15, -0.1) is 0 Å². The number of non-ortho nitro benzene ring substituents is 1. The Morgan fingerprint density at radius 1 is 1.21 bits per heavy atom. The van der Waals surface area contributed by atoms with Gasteiger partial charge in [0.15, 0.2) is 0 Å². The van der Waals surface area contributed by atoms with Crippen LogP contribution in [0.1, 0.15) is 19.4 Å². The lowest BCUT2D eigenvalue weighted by atomic mass is 10.2. The third-order valence-electron chi connectivity index (χ3n) is 2.96. The molecule has 0 atom stereocenters. The van der Waals surface area contributed by atoms with Crippen LogP contribution >= 0.6 is 0 Å². The molecule has 0 spiro atoms. The first kappa shape index (κ1) is 17.4. The van der Waals surface area contributed by atoms with E-state index in [0.29, 0.717) is 18.3 Å². The second kappa shape index (κ2) is 8.64. The summed E-state index contributed by atoms with van der Waals surface area (Å²) in [6, 6.07) is 15.9. The molecular formula is C17H20N4O3. The average Bonchev–Trinajstić information content (AvgIpc) is 2.55. The Labute approximate surface area is 140 Å². The molecule has 2 aromatic carbocycles. The molecule has 2 rings (SSSR count). The summed E-state index contributed by atoms with van der Waals surface area (Å²) in [6.07, 6.45) is 0. The molecule has 7 nitrogen and oxygen atoms in total. The first-order chi connectivity index (χ1) is 11.5. The first-order valence-corrected chi connectivity index (χ1v) is 7.55. The molecule has 0 unspecified atom stereocenters. The summed E-state index contributed by atoms with van der Waals surface area (Å²) >= 11 is 0. The van der Waals surface area contributed by atoms with Crippen molar-refractivity contribution in [2.75, 3.05) is 5.32 Å². The minimum atomic E-state index is -0.441. The Morgan fingerprint density at radius 2 is 1.96 bits per heavy atom. The highest BCUT2D eigenvalue weighted by atomic mass is 16.6. The summed E-state index contributed by atoms with van der Waals surface area (Å²) in [5, 5.41) is 13.9. The van der Waals surface area contributed by atoms with Crippen molar-refractivity contribution in [3.63, 3.8) is 0 Å². The van der Waals surface area contributed by atoms with Gasteiger partial charge in [-0.25, -0.2) is 10.5 Å². The number of guanidine groups is 1. The van der Waals surface area contributed by atoms with Gasteiger partial charge in [-0.2, -0.15) is 0 Å². The van der Waals surface area contributed by atoms with Crippen molar-refractivity contribution in [1.29, 1.82) is 0 Å². The van der Waals surface area contributed by atoms with E-state index in [0.717, 1.165) is 5.56 Å². The average molecular weight is 328 g/mol. The number of aliphatic imine (C=N–C) groups is 1. The monoisotopic (exact) mass is 328 g/mol. The molecule has 0 amide bonds. The van der Waals surface area contributed by atoms with Crippen LogP contribution < -0.4 is 10.8 Å². The number of nitrogens with zero attached hydrogens (tertiary/aromatic N) is 2. The van der Waals surface area contributed by atoms with Crippen molar-refractivity contribution in [3.05, 3.63) is 70.3 Å². The molecule has 0 aromatic heterocycles. The maximum absolute atomic E-state index is 10.9. The topological polar surface area (TPSA) is 88.8 Å². The lowest BCUT2D eigenvalue weighted by Crippen LogP contribution is -2.31. The molecule has 0 fully saturated rings. The molecule has 0 aliphatic carbocycles. The van der Waals surface area contributed by atoms with E-state index < -0.39 is 4.92 Å². The second-order valence-electron chi connectivity index (χ2n) is 5.38. The van der Waals surface area contributed by atoms with Crippen LogP contribution in [0.15, 0.2) is 59.6 Å². The molecule has 2 N–H and O–H groups in total. The zero-order valence-electron chi connectivity index (χ0n) is 13.6. The molecule has 0 heterocycles. The number of hydrogen-bond donors (Lipinski definition) is 2. The zero-order valence-corrected chi connectivity index (χ0v) is 13.6. The van der Waals surface area contributed by atoms with Crippen molar-refractivity contribution in [2.45, 2.75) is 26.5 Å². The molecule has 0 saturated carbocycles. The van der Waals surface area contributed by atoms with Gasteiger partial charge in [0.2, 0.25) is 5.96 Å². The summed E-state index contributed by atoms with van der Waals surface area (Å²) < 4.78 is 0. The molecule has 0 bridgehead atoms. The van der Waals surface area contributed by atoms with Crippen LogP contribution in [0.25, 0.3) is 0 Å². The van der Waals surface area contributed by atoms with Crippen LogP contribution in [0.3, 0.4) is 0 Å². The van der Waals surface area contributed by atoms with Gasteiger partial charge in [-0.05, 0) is 25.5 Å². The molecule has 24 heavy (non-hydrogen) atoms. The van der Waals surface area contributed by atoms with Gasteiger partial charge in [0, 0.05) is 23.9 Å². The van der Waals surface area contributed by atoms with E-state index in [4.69, 9.17) is 4.84 Å². The number of nitro benzene ring substituents is 1. The quantitative estimate of drug-likeness (QED) is 0.367. The minimum Gasteiger partial charge on any atom is -0.324 e. The van der Waals surface area contributed by atoms with Crippen molar-refractivity contribution >= 4 is 17.3 Å². The van der Waals surface area contributed by atoms with E-state index in [2.05, 4.69) is 15.8 Å². The summed E-state index contributed by atoms with van der Waals surface area (Å²) in [7, 11) is 0. The predicted molar refractivity (Wildman–Crippen MR) is 93.7 cm³/mol. The number of hydrogen-bond acceptors (Lipinski definition) is 4. The van der Waals surface area contributed by atoms with Crippen molar-refractivity contribution in [3.8, 4) is 0 Å². The molecule has 0 aliphatic heterocycles. The standard InChI is InChI=1S/C17H20N4O3/c1-13(2)18-17(20-24-12-14-7-4-3-5-8-14)19-15-9-6-10-16(11-15)21(22)23/h3-11,13H,12H2,1-2H3,(H2,18,19,20). The van der Waals surface area contributed by atoms with Crippen LogP contribution in [0.4, 0.5) is 11.4 Å². The van der Waals surface area contributed by atoms with Crippen molar-refractivity contribution < 1.29 is 9.76 Å². The third kappa shape index (κ3) is 5.69. The lowest BCUT2D eigenvalue weighted by molar-refractivity contribution is -0.384. The number of rotatable bonds is 6. The molecule has 0 aliphatic rings. The van der Waals surface area contributed by atoms with Crippen LogP contribution in [-0.2, 0) is 11.4 Å². The van der Waals surface area contributed by atoms with Gasteiger partial charge >= 0.3 is 0 Å². The largest absolute Gasteiger partial charge is 0.324 e. The Kier molecular flexibility index (Phi) is 6.27. The molecule has 0 radical (unpaired) electrons. The van der Waals surface area contributed by atoms with Gasteiger partial charge in [0.05, 0.1) is 11.5 Å². The number of hydroxylamine groups is 1. The highest BCUT2D eigenvalue weighted by Gasteiger charge is 2.08. The highest BCUT2D eigenvalue weighted by molar-refractivity contribution is 5.93. The Balaban J connectivity index is 2.01. The summed E-state index contributed by atoms with van der Waals surface area (Å²) in [5.74, 6) is 0.390. The second-order valence-corrected chi connectivity index (χ2v) is 5.38. The van der Waals surface area contributed by atoms with Gasteiger partial charge in [-0.1, -0.05) is 36.4 Å². The Morgan fingerprint density at radius 3 is 2.62 bits per heavy atom. The zero-order chi connectivity index (χ0) is 17.4. The maximum Gasteiger partial charge on any atom is 0.271 e. The van der Waals surface area contributed by atoms with Crippen LogP contribution in [0.2, 0.25) is 0 Å². The molecule has 0 saturated heterocycles.